The molecule has 0 aliphatic carbocycles. The minimum absolute atomic E-state index is 0.0628. The average molecular weight is 381 g/mol. The highest BCUT2D eigenvalue weighted by molar-refractivity contribution is 5.26. The van der Waals surface area contributed by atoms with Crippen molar-refractivity contribution in [3.05, 3.63) is 90.5 Å². The maximum atomic E-state index is 10.3. The molecule has 2 aromatic carbocycles. The van der Waals surface area contributed by atoms with Crippen LogP contribution < -0.4 is 4.74 Å². The van der Waals surface area contributed by atoms with Crippen molar-refractivity contribution in [2.75, 3.05) is 7.11 Å². The van der Waals surface area contributed by atoms with Gasteiger partial charge in [-0.15, -0.1) is 6.58 Å². The minimum atomic E-state index is -0.606. The second-order valence-corrected chi connectivity index (χ2v) is 7.19. The Labute approximate surface area is 169 Å². The average Bonchev–Trinajstić information content (AvgIpc) is 2.74. The molecule has 0 aromatic heterocycles. The fraction of sp³-hybridized carbons (Fsp3) is 0.360. The van der Waals surface area contributed by atoms with Gasteiger partial charge in [-0.25, -0.2) is 0 Å². The molecule has 2 rings (SSSR count). The van der Waals surface area contributed by atoms with Gasteiger partial charge in [0.05, 0.1) is 25.9 Å². The lowest BCUT2D eigenvalue weighted by atomic mass is 9.88. The third-order valence-corrected chi connectivity index (χ3v) is 5.05. The van der Waals surface area contributed by atoms with E-state index in [1.54, 1.807) is 13.2 Å². The Bertz CT molecular complexity index is 721. The monoisotopic (exact) mass is 380 g/mol. The third-order valence-electron chi connectivity index (χ3n) is 5.05. The Kier molecular flexibility index (Phi) is 8.99. The topological polar surface area (TPSA) is 38.7 Å². The lowest BCUT2D eigenvalue weighted by molar-refractivity contribution is -0.0450. The molecule has 0 bridgehead atoms. The summed E-state index contributed by atoms with van der Waals surface area (Å²) < 4.78 is 11.5. The zero-order valence-corrected chi connectivity index (χ0v) is 17.1. The van der Waals surface area contributed by atoms with Gasteiger partial charge in [-0.2, -0.15) is 0 Å². The van der Waals surface area contributed by atoms with Gasteiger partial charge in [0.25, 0.3) is 0 Å². The first kappa shape index (κ1) is 21.9. The first-order valence-electron chi connectivity index (χ1n) is 9.81. The van der Waals surface area contributed by atoms with Crippen LogP contribution in [0.15, 0.2) is 79.4 Å². The van der Waals surface area contributed by atoms with Crippen molar-refractivity contribution in [1.82, 2.24) is 0 Å². The molecule has 28 heavy (non-hydrogen) atoms. The quantitative estimate of drug-likeness (QED) is 0.545. The van der Waals surface area contributed by atoms with E-state index in [1.807, 2.05) is 37.3 Å². The van der Waals surface area contributed by atoms with Crippen molar-refractivity contribution in [2.45, 2.75) is 39.1 Å². The summed E-state index contributed by atoms with van der Waals surface area (Å²) in [6.45, 7) is 8.35. The van der Waals surface area contributed by atoms with Crippen LogP contribution in [0.3, 0.4) is 0 Å². The van der Waals surface area contributed by atoms with Crippen LogP contribution in [0.5, 0.6) is 5.75 Å². The molecule has 1 N–H and O–H groups in total. The Morgan fingerprint density at radius 3 is 2.29 bits per heavy atom. The number of aliphatic hydroxyl groups is 1. The maximum Gasteiger partial charge on any atom is 0.118 e. The van der Waals surface area contributed by atoms with E-state index < -0.39 is 6.10 Å². The molecule has 0 aliphatic rings. The van der Waals surface area contributed by atoms with Crippen LogP contribution in [-0.4, -0.2) is 24.4 Å². The van der Waals surface area contributed by atoms with Crippen LogP contribution in [0.25, 0.3) is 0 Å². The molecule has 3 nitrogen and oxygen atoms in total. The van der Waals surface area contributed by atoms with Crippen LogP contribution in [0.4, 0.5) is 0 Å². The summed E-state index contributed by atoms with van der Waals surface area (Å²) >= 11 is 0. The fourth-order valence-electron chi connectivity index (χ4n) is 3.25. The van der Waals surface area contributed by atoms with Gasteiger partial charge in [-0.1, -0.05) is 74.5 Å². The molecule has 3 heteroatoms. The summed E-state index contributed by atoms with van der Waals surface area (Å²) in [4.78, 5) is 0. The summed E-state index contributed by atoms with van der Waals surface area (Å²) in [6, 6.07) is 18.2. The summed E-state index contributed by atoms with van der Waals surface area (Å²) in [5, 5.41) is 10.3. The van der Waals surface area contributed by atoms with Crippen molar-refractivity contribution in [1.29, 1.82) is 0 Å². The first-order valence-corrected chi connectivity index (χ1v) is 9.81. The smallest absolute Gasteiger partial charge is 0.118 e. The number of benzene rings is 2. The van der Waals surface area contributed by atoms with Crippen molar-refractivity contribution >= 4 is 0 Å². The number of ether oxygens (including phenoxy) is 2. The van der Waals surface area contributed by atoms with E-state index >= 15 is 0 Å². The SMILES string of the molecule is C=C[C@H](O)[C@@H](C)[C@@H](OCc1ccc(OC)cc1)[C@@H](C)/C=C/Cc1ccccc1. The Morgan fingerprint density at radius 1 is 1.00 bits per heavy atom. The molecule has 0 heterocycles. The zero-order valence-electron chi connectivity index (χ0n) is 17.1. The molecular formula is C25H32O3. The number of hydrogen-bond acceptors (Lipinski definition) is 3. The van der Waals surface area contributed by atoms with E-state index in [4.69, 9.17) is 9.47 Å². The maximum absolute atomic E-state index is 10.3. The normalized spacial score (nSPS) is 15.7. The highest BCUT2D eigenvalue weighted by Crippen LogP contribution is 2.24. The molecule has 0 amide bonds. The molecule has 0 unspecified atom stereocenters. The van der Waals surface area contributed by atoms with Gasteiger partial charge in [0, 0.05) is 11.8 Å². The van der Waals surface area contributed by atoms with Gasteiger partial charge in [0.1, 0.15) is 5.75 Å². The Hall–Kier alpha value is -2.36. The first-order chi connectivity index (χ1) is 13.5. The minimum Gasteiger partial charge on any atom is -0.497 e. The molecule has 0 spiro atoms. The second kappa shape index (κ2) is 11.5. The third kappa shape index (κ3) is 6.66. The highest BCUT2D eigenvalue weighted by atomic mass is 16.5. The largest absolute Gasteiger partial charge is 0.497 e. The van der Waals surface area contributed by atoms with E-state index in [1.165, 1.54) is 5.56 Å². The number of methoxy groups -OCH3 is 1. The van der Waals surface area contributed by atoms with Crippen molar-refractivity contribution < 1.29 is 14.6 Å². The molecule has 150 valence electrons. The van der Waals surface area contributed by atoms with Crippen LogP contribution in [0, 0.1) is 11.8 Å². The van der Waals surface area contributed by atoms with Gasteiger partial charge in [-0.3, -0.25) is 0 Å². The van der Waals surface area contributed by atoms with Crippen LogP contribution in [0.2, 0.25) is 0 Å². The van der Waals surface area contributed by atoms with Gasteiger partial charge in [-0.05, 0) is 29.7 Å². The summed E-state index contributed by atoms with van der Waals surface area (Å²) in [5.41, 5.74) is 2.35. The number of rotatable bonds is 11. The summed E-state index contributed by atoms with van der Waals surface area (Å²) in [5.74, 6) is 0.923. The van der Waals surface area contributed by atoms with Crippen molar-refractivity contribution in [3.63, 3.8) is 0 Å². The van der Waals surface area contributed by atoms with Crippen molar-refractivity contribution in [3.8, 4) is 5.75 Å². The van der Waals surface area contributed by atoms with Gasteiger partial charge in [0.15, 0.2) is 0 Å². The van der Waals surface area contributed by atoms with E-state index in [-0.39, 0.29) is 17.9 Å². The Morgan fingerprint density at radius 2 is 1.68 bits per heavy atom. The lowest BCUT2D eigenvalue weighted by Crippen LogP contribution is -2.34. The second-order valence-electron chi connectivity index (χ2n) is 7.19. The molecule has 0 saturated carbocycles. The van der Waals surface area contributed by atoms with E-state index in [0.29, 0.717) is 6.61 Å². The number of hydrogen-bond donors (Lipinski definition) is 1. The van der Waals surface area contributed by atoms with E-state index in [0.717, 1.165) is 17.7 Å². The number of aliphatic hydroxyl groups excluding tert-OH is 1. The fourth-order valence-corrected chi connectivity index (χ4v) is 3.25. The van der Waals surface area contributed by atoms with Crippen molar-refractivity contribution in [2.24, 2.45) is 11.8 Å². The van der Waals surface area contributed by atoms with Crippen LogP contribution in [-0.2, 0) is 17.8 Å². The van der Waals surface area contributed by atoms with E-state index in [9.17, 15) is 5.11 Å². The molecular weight excluding hydrogens is 348 g/mol. The zero-order chi connectivity index (χ0) is 20.4. The van der Waals surface area contributed by atoms with Crippen LogP contribution >= 0.6 is 0 Å². The predicted octanol–water partition coefficient (Wildman–Crippen LogP) is 5.20. The molecule has 0 aliphatic heterocycles. The molecule has 0 radical (unpaired) electrons. The number of allylic oxidation sites excluding steroid dienone is 1. The predicted molar refractivity (Wildman–Crippen MR) is 115 cm³/mol. The standard InChI is InChI=1S/C25H32O3/c1-5-24(26)20(3)25(28-18-22-14-16-23(27-4)17-15-22)19(2)10-9-13-21-11-7-6-8-12-21/h5-12,14-17,19-20,24-26H,1,13,18H2,2-4H3/b10-9+/t19-,20+,24-,25-/m0/s1. The van der Waals surface area contributed by atoms with Crippen LogP contribution in [0.1, 0.15) is 25.0 Å². The van der Waals surface area contributed by atoms with E-state index in [2.05, 4.69) is 49.9 Å². The van der Waals surface area contributed by atoms with Gasteiger partial charge in [0.2, 0.25) is 0 Å². The molecule has 4 atom stereocenters. The molecule has 2 aromatic rings. The molecule has 0 saturated heterocycles. The van der Waals surface area contributed by atoms with Gasteiger partial charge < -0.3 is 14.6 Å². The summed E-state index contributed by atoms with van der Waals surface area (Å²) in [6.07, 6.45) is 6.09. The highest BCUT2D eigenvalue weighted by Gasteiger charge is 2.27. The Balaban J connectivity index is 2.03. The lowest BCUT2D eigenvalue weighted by Gasteiger charge is -2.30. The van der Waals surface area contributed by atoms with Gasteiger partial charge >= 0.3 is 0 Å². The summed E-state index contributed by atoms with van der Waals surface area (Å²) in [7, 11) is 1.66. The molecule has 0 fully saturated rings.